The molecule has 27 heavy (non-hydrogen) atoms. The molecule has 2 N–H and O–H groups in total. The van der Waals surface area contributed by atoms with E-state index in [2.05, 4.69) is 55.4 Å². The van der Waals surface area contributed by atoms with Crippen LogP contribution in [0.3, 0.4) is 0 Å². The smallest absolute Gasteiger partial charge is 0.191 e. The van der Waals surface area contributed by atoms with Crippen LogP contribution in [0.5, 0.6) is 0 Å². The molecule has 8 heteroatoms. The maximum absolute atomic E-state index is 4.64. The molecule has 0 aliphatic carbocycles. The van der Waals surface area contributed by atoms with Gasteiger partial charge in [-0.25, -0.2) is 9.97 Å². The number of piperazine rings is 1. The monoisotopic (exact) mass is 387 g/mol. The van der Waals surface area contributed by atoms with E-state index in [1.807, 2.05) is 18.5 Å². The Balaban J connectivity index is 1.52. The van der Waals surface area contributed by atoms with Gasteiger partial charge in [-0.1, -0.05) is 6.07 Å². The third kappa shape index (κ3) is 5.64. The van der Waals surface area contributed by atoms with E-state index in [-0.39, 0.29) is 0 Å². The average Bonchev–Trinajstić information content (AvgIpc) is 3.10. The van der Waals surface area contributed by atoms with Gasteiger partial charge in [0.15, 0.2) is 5.96 Å². The number of likely N-dealkylation sites (N-methyl/N-ethyl adjacent to an activating group) is 1. The van der Waals surface area contributed by atoms with Crippen molar-refractivity contribution in [3.63, 3.8) is 0 Å². The van der Waals surface area contributed by atoms with Gasteiger partial charge in [0.25, 0.3) is 0 Å². The zero-order chi connectivity index (χ0) is 19.1. The molecule has 0 saturated carbocycles. The molecular formula is C19H29N7S. The highest BCUT2D eigenvalue weighted by Crippen LogP contribution is 2.18. The molecule has 0 atom stereocenters. The van der Waals surface area contributed by atoms with Gasteiger partial charge < -0.3 is 20.4 Å². The van der Waals surface area contributed by atoms with Gasteiger partial charge in [0.05, 0.1) is 5.01 Å². The van der Waals surface area contributed by atoms with Gasteiger partial charge in [-0.15, -0.1) is 11.3 Å². The Morgan fingerprint density at radius 3 is 2.74 bits per heavy atom. The Kier molecular flexibility index (Phi) is 7.00. The molecule has 0 radical (unpaired) electrons. The topological polar surface area (TPSA) is 68.7 Å². The van der Waals surface area contributed by atoms with Crippen molar-refractivity contribution in [2.24, 2.45) is 4.99 Å². The Morgan fingerprint density at radius 1 is 1.22 bits per heavy atom. The van der Waals surface area contributed by atoms with Gasteiger partial charge >= 0.3 is 0 Å². The van der Waals surface area contributed by atoms with Crippen molar-refractivity contribution in [3.05, 3.63) is 40.0 Å². The van der Waals surface area contributed by atoms with E-state index in [1.54, 1.807) is 18.4 Å². The Bertz CT molecular complexity index is 750. The Morgan fingerprint density at radius 2 is 2.04 bits per heavy atom. The van der Waals surface area contributed by atoms with Crippen molar-refractivity contribution >= 4 is 23.1 Å². The first-order valence-electron chi connectivity index (χ1n) is 9.39. The fourth-order valence-electron chi connectivity index (χ4n) is 3.08. The van der Waals surface area contributed by atoms with Gasteiger partial charge in [-0.2, -0.15) is 0 Å². The van der Waals surface area contributed by atoms with Crippen molar-refractivity contribution < 1.29 is 0 Å². The van der Waals surface area contributed by atoms with Gasteiger partial charge in [0.1, 0.15) is 5.82 Å². The summed E-state index contributed by atoms with van der Waals surface area (Å²) in [7, 11) is 3.97. The first kappa shape index (κ1) is 19.6. The molecule has 7 nitrogen and oxygen atoms in total. The number of guanidine groups is 1. The lowest BCUT2D eigenvalue weighted by Crippen LogP contribution is -2.45. The average molecular weight is 388 g/mol. The number of nitrogens with one attached hydrogen (secondary N) is 2. The molecule has 0 bridgehead atoms. The van der Waals surface area contributed by atoms with Crippen molar-refractivity contribution in [2.75, 3.05) is 51.7 Å². The summed E-state index contributed by atoms with van der Waals surface area (Å²) in [5, 5.41) is 7.93. The maximum Gasteiger partial charge on any atom is 0.191 e. The van der Waals surface area contributed by atoms with Gasteiger partial charge in [0.2, 0.25) is 0 Å². The zero-order valence-corrected chi connectivity index (χ0v) is 17.2. The van der Waals surface area contributed by atoms with Crippen LogP contribution in [0, 0.1) is 6.92 Å². The van der Waals surface area contributed by atoms with Crippen LogP contribution in [0.15, 0.2) is 29.5 Å². The van der Waals surface area contributed by atoms with E-state index >= 15 is 0 Å². The minimum atomic E-state index is 0.700. The summed E-state index contributed by atoms with van der Waals surface area (Å²) in [5.41, 5.74) is 1.19. The third-order valence-corrected chi connectivity index (χ3v) is 5.61. The Labute approximate surface area is 165 Å². The lowest BCUT2D eigenvalue weighted by molar-refractivity contribution is 0.312. The molecule has 2 aromatic rings. The lowest BCUT2D eigenvalue weighted by atomic mass is 10.2. The fraction of sp³-hybridized carbons (Fsp3) is 0.526. The molecule has 3 heterocycles. The minimum absolute atomic E-state index is 0.700. The van der Waals surface area contributed by atoms with Crippen molar-refractivity contribution in [1.29, 1.82) is 0 Å². The summed E-state index contributed by atoms with van der Waals surface area (Å²) >= 11 is 1.75. The fourth-order valence-corrected chi connectivity index (χ4v) is 3.86. The Hall–Kier alpha value is -2.19. The number of aryl methyl sites for hydroxylation is 1. The number of hydrogen-bond acceptors (Lipinski definition) is 6. The molecule has 0 unspecified atom stereocenters. The number of pyridine rings is 1. The predicted octanol–water partition coefficient (Wildman–Crippen LogP) is 1.51. The van der Waals surface area contributed by atoms with Gasteiger partial charge in [-0.05, 0) is 20.0 Å². The lowest BCUT2D eigenvalue weighted by Gasteiger charge is -2.34. The van der Waals surface area contributed by atoms with Crippen LogP contribution < -0.4 is 15.5 Å². The van der Waals surface area contributed by atoms with Crippen LogP contribution in [-0.2, 0) is 13.0 Å². The summed E-state index contributed by atoms with van der Waals surface area (Å²) in [6.45, 7) is 7.77. The van der Waals surface area contributed by atoms with Crippen molar-refractivity contribution in [3.8, 4) is 0 Å². The number of thiazole rings is 1. The van der Waals surface area contributed by atoms with Crippen LogP contribution in [-0.4, -0.2) is 67.6 Å². The molecule has 1 saturated heterocycles. The molecule has 3 rings (SSSR count). The van der Waals surface area contributed by atoms with Crippen LogP contribution in [0.2, 0.25) is 0 Å². The molecular weight excluding hydrogens is 358 g/mol. The normalized spacial score (nSPS) is 15.8. The summed E-state index contributed by atoms with van der Waals surface area (Å²) in [5.74, 6) is 1.88. The molecule has 1 aliphatic heterocycles. The summed E-state index contributed by atoms with van der Waals surface area (Å²) < 4.78 is 0. The van der Waals surface area contributed by atoms with E-state index in [1.165, 1.54) is 10.4 Å². The van der Waals surface area contributed by atoms with Gasteiger partial charge in [-0.3, -0.25) is 4.99 Å². The first-order valence-corrected chi connectivity index (χ1v) is 10.2. The van der Waals surface area contributed by atoms with E-state index in [9.17, 15) is 0 Å². The number of nitrogens with zero attached hydrogens (tertiary/aromatic N) is 5. The number of rotatable bonds is 6. The number of hydrogen-bond donors (Lipinski definition) is 2. The zero-order valence-electron chi connectivity index (χ0n) is 16.4. The molecule has 1 fully saturated rings. The SMILES string of the molecule is CN=C(NCCc1ncc(C)s1)NCc1cccnc1N1CCN(C)CC1. The standard InChI is InChI=1S/C19H29N7S/c1-15-13-23-17(27-15)6-8-22-19(20-2)24-14-16-5-4-7-21-18(16)26-11-9-25(3)10-12-26/h4-5,7,13H,6,8-12,14H2,1-3H3,(H2,20,22,24). The highest BCUT2D eigenvalue weighted by molar-refractivity contribution is 7.11. The summed E-state index contributed by atoms with van der Waals surface area (Å²) in [4.78, 5) is 19.3. The predicted molar refractivity (Wildman–Crippen MR) is 113 cm³/mol. The molecule has 1 aliphatic rings. The van der Waals surface area contributed by atoms with Crippen LogP contribution in [0.1, 0.15) is 15.4 Å². The van der Waals surface area contributed by atoms with E-state index in [4.69, 9.17) is 0 Å². The molecule has 0 aromatic carbocycles. The van der Waals surface area contributed by atoms with Crippen LogP contribution in [0.25, 0.3) is 0 Å². The van der Waals surface area contributed by atoms with Crippen molar-refractivity contribution in [1.82, 2.24) is 25.5 Å². The summed E-state index contributed by atoms with van der Waals surface area (Å²) in [6.07, 6.45) is 4.70. The number of aliphatic imine (C=N–C) groups is 1. The number of anilines is 1. The quantitative estimate of drug-likeness (QED) is 0.578. The minimum Gasteiger partial charge on any atom is -0.356 e. The van der Waals surface area contributed by atoms with Crippen LogP contribution >= 0.6 is 11.3 Å². The van der Waals surface area contributed by atoms with Gasteiger partial charge in [0, 0.05) is 75.6 Å². The highest BCUT2D eigenvalue weighted by Gasteiger charge is 2.17. The third-order valence-electron chi connectivity index (χ3n) is 4.64. The summed E-state index contributed by atoms with van der Waals surface area (Å²) in [6, 6.07) is 4.14. The molecule has 0 amide bonds. The molecule has 146 valence electrons. The molecule has 2 aromatic heterocycles. The second kappa shape index (κ2) is 9.66. The molecule has 0 spiro atoms. The van der Waals surface area contributed by atoms with E-state index in [0.29, 0.717) is 6.54 Å². The van der Waals surface area contributed by atoms with E-state index < -0.39 is 0 Å². The van der Waals surface area contributed by atoms with E-state index in [0.717, 1.165) is 55.9 Å². The highest BCUT2D eigenvalue weighted by atomic mass is 32.1. The maximum atomic E-state index is 4.64. The first-order chi connectivity index (χ1) is 13.2. The second-order valence-corrected chi connectivity index (χ2v) is 8.06. The van der Waals surface area contributed by atoms with Crippen molar-refractivity contribution in [2.45, 2.75) is 19.9 Å². The largest absolute Gasteiger partial charge is 0.356 e. The second-order valence-electron chi connectivity index (χ2n) is 6.74. The van der Waals surface area contributed by atoms with Crippen LogP contribution in [0.4, 0.5) is 5.82 Å². The number of aromatic nitrogens is 2.